The first kappa shape index (κ1) is 11.1. The number of aliphatic hydroxyl groups is 1. The van der Waals surface area contributed by atoms with Crippen molar-refractivity contribution in [2.75, 3.05) is 6.54 Å². The number of aryl methyl sites for hydroxylation is 1. The van der Waals surface area contributed by atoms with Gasteiger partial charge in [-0.3, -0.25) is 0 Å². The highest BCUT2D eigenvalue weighted by Crippen LogP contribution is 1.99. The van der Waals surface area contributed by atoms with E-state index in [1.165, 1.54) is 0 Å². The van der Waals surface area contributed by atoms with E-state index in [0.29, 0.717) is 13.1 Å². The minimum Gasteiger partial charge on any atom is -0.389 e. The number of aromatic nitrogens is 2. The van der Waals surface area contributed by atoms with Crippen molar-refractivity contribution in [1.82, 2.24) is 15.3 Å². The molecule has 1 aromatic heterocycles. The molecule has 0 saturated carbocycles. The standard InChI is InChI=1S/C10H17N3O/c1-8-12-5-4-9(13-8)6-11-7-10(2,3)14/h4-5,11,14H,6-7H2,1-3H3. The van der Waals surface area contributed by atoms with E-state index in [1.54, 1.807) is 20.0 Å². The first-order valence-corrected chi connectivity index (χ1v) is 4.69. The van der Waals surface area contributed by atoms with E-state index in [1.807, 2.05) is 13.0 Å². The van der Waals surface area contributed by atoms with Gasteiger partial charge in [-0.1, -0.05) is 0 Å². The lowest BCUT2D eigenvalue weighted by Gasteiger charge is -2.17. The Morgan fingerprint density at radius 2 is 2.21 bits per heavy atom. The van der Waals surface area contributed by atoms with Crippen LogP contribution in [0.4, 0.5) is 0 Å². The van der Waals surface area contributed by atoms with Gasteiger partial charge in [0.05, 0.1) is 11.3 Å². The minimum absolute atomic E-state index is 0.552. The molecule has 0 saturated heterocycles. The van der Waals surface area contributed by atoms with Crippen LogP contribution in [0.2, 0.25) is 0 Å². The maximum atomic E-state index is 9.45. The molecule has 0 bridgehead atoms. The van der Waals surface area contributed by atoms with Crippen LogP contribution in [0.1, 0.15) is 25.4 Å². The fraction of sp³-hybridized carbons (Fsp3) is 0.600. The van der Waals surface area contributed by atoms with E-state index in [4.69, 9.17) is 0 Å². The summed E-state index contributed by atoms with van der Waals surface area (Å²) in [5, 5.41) is 12.6. The summed E-state index contributed by atoms with van der Waals surface area (Å²) in [6.07, 6.45) is 1.74. The van der Waals surface area contributed by atoms with Gasteiger partial charge in [-0.25, -0.2) is 9.97 Å². The van der Waals surface area contributed by atoms with Crippen LogP contribution in [0, 0.1) is 6.92 Å². The summed E-state index contributed by atoms with van der Waals surface area (Å²) in [6.45, 7) is 6.61. The van der Waals surface area contributed by atoms with Crippen LogP contribution < -0.4 is 5.32 Å². The van der Waals surface area contributed by atoms with Crippen molar-refractivity contribution in [2.45, 2.75) is 32.9 Å². The minimum atomic E-state index is -0.678. The normalized spacial score (nSPS) is 11.7. The van der Waals surface area contributed by atoms with Crippen molar-refractivity contribution in [3.63, 3.8) is 0 Å². The quantitative estimate of drug-likeness (QED) is 0.740. The molecular weight excluding hydrogens is 178 g/mol. The predicted octanol–water partition coefficient (Wildman–Crippen LogP) is 0.646. The molecule has 0 aromatic carbocycles. The molecule has 0 atom stereocenters. The Labute approximate surface area is 84.4 Å². The second-order valence-electron chi connectivity index (χ2n) is 4.01. The Morgan fingerprint density at radius 3 is 2.79 bits per heavy atom. The highest BCUT2D eigenvalue weighted by Gasteiger charge is 2.10. The van der Waals surface area contributed by atoms with Gasteiger partial charge in [0.1, 0.15) is 5.82 Å². The van der Waals surface area contributed by atoms with Crippen molar-refractivity contribution < 1.29 is 5.11 Å². The Morgan fingerprint density at radius 1 is 1.50 bits per heavy atom. The van der Waals surface area contributed by atoms with Crippen molar-refractivity contribution in [3.05, 3.63) is 23.8 Å². The lowest BCUT2D eigenvalue weighted by Crippen LogP contribution is -2.34. The van der Waals surface area contributed by atoms with Crippen LogP contribution in [0.5, 0.6) is 0 Å². The molecule has 0 spiro atoms. The van der Waals surface area contributed by atoms with Gasteiger partial charge in [0.25, 0.3) is 0 Å². The molecule has 0 unspecified atom stereocenters. The van der Waals surface area contributed by atoms with Crippen LogP contribution in [-0.2, 0) is 6.54 Å². The highest BCUT2D eigenvalue weighted by atomic mass is 16.3. The summed E-state index contributed by atoms with van der Waals surface area (Å²) in [4.78, 5) is 8.25. The average Bonchev–Trinajstić information content (AvgIpc) is 2.01. The molecule has 1 heterocycles. The van der Waals surface area contributed by atoms with Gasteiger partial charge in [0.15, 0.2) is 0 Å². The largest absolute Gasteiger partial charge is 0.389 e. The third kappa shape index (κ3) is 4.30. The van der Waals surface area contributed by atoms with Gasteiger partial charge in [-0.15, -0.1) is 0 Å². The number of nitrogens with zero attached hydrogens (tertiary/aromatic N) is 2. The van der Waals surface area contributed by atoms with E-state index in [2.05, 4.69) is 15.3 Å². The second kappa shape index (κ2) is 4.48. The first-order valence-electron chi connectivity index (χ1n) is 4.69. The Bertz CT molecular complexity index is 294. The summed E-state index contributed by atoms with van der Waals surface area (Å²) in [6, 6.07) is 1.87. The zero-order valence-corrected chi connectivity index (χ0v) is 8.91. The van der Waals surface area contributed by atoms with Crippen LogP contribution in [-0.4, -0.2) is 27.2 Å². The second-order valence-corrected chi connectivity index (χ2v) is 4.01. The monoisotopic (exact) mass is 195 g/mol. The van der Waals surface area contributed by atoms with Gasteiger partial charge in [-0.05, 0) is 26.8 Å². The molecule has 1 aromatic rings. The topological polar surface area (TPSA) is 58.0 Å². The van der Waals surface area contributed by atoms with Gasteiger partial charge in [-0.2, -0.15) is 0 Å². The molecule has 0 aliphatic heterocycles. The first-order chi connectivity index (χ1) is 6.47. The molecule has 14 heavy (non-hydrogen) atoms. The zero-order chi connectivity index (χ0) is 10.6. The van der Waals surface area contributed by atoms with Crippen molar-refractivity contribution in [2.24, 2.45) is 0 Å². The van der Waals surface area contributed by atoms with Crippen LogP contribution in [0.25, 0.3) is 0 Å². The van der Waals surface area contributed by atoms with Crippen LogP contribution >= 0.6 is 0 Å². The van der Waals surface area contributed by atoms with E-state index in [9.17, 15) is 5.11 Å². The molecule has 1 rings (SSSR count). The summed E-state index contributed by atoms with van der Waals surface area (Å²) >= 11 is 0. The molecule has 0 aliphatic carbocycles. The maximum Gasteiger partial charge on any atom is 0.125 e. The van der Waals surface area contributed by atoms with E-state index in [0.717, 1.165) is 11.5 Å². The zero-order valence-electron chi connectivity index (χ0n) is 8.91. The Hall–Kier alpha value is -1.00. The molecule has 0 radical (unpaired) electrons. The number of hydrogen-bond acceptors (Lipinski definition) is 4. The van der Waals surface area contributed by atoms with E-state index >= 15 is 0 Å². The van der Waals surface area contributed by atoms with Crippen LogP contribution in [0.3, 0.4) is 0 Å². The fourth-order valence-electron chi connectivity index (χ4n) is 1.10. The van der Waals surface area contributed by atoms with E-state index < -0.39 is 5.60 Å². The smallest absolute Gasteiger partial charge is 0.125 e. The molecule has 2 N–H and O–H groups in total. The summed E-state index contributed by atoms with van der Waals surface area (Å²) in [7, 11) is 0. The summed E-state index contributed by atoms with van der Waals surface area (Å²) in [5.41, 5.74) is 0.268. The van der Waals surface area contributed by atoms with Gasteiger partial charge in [0.2, 0.25) is 0 Å². The molecule has 0 amide bonds. The molecule has 0 aliphatic rings. The number of hydrogen-bond donors (Lipinski definition) is 2. The molecular formula is C10H17N3O. The number of nitrogens with one attached hydrogen (secondary N) is 1. The predicted molar refractivity (Wildman–Crippen MR) is 54.8 cm³/mol. The number of rotatable bonds is 4. The molecule has 4 heteroatoms. The SMILES string of the molecule is Cc1nccc(CNCC(C)(C)O)n1. The van der Waals surface area contributed by atoms with Gasteiger partial charge < -0.3 is 10.4 Å². The summed E-state index contributed by atoms with van der Waals surface area (Å²) < 4.78 is 0. The van der Waals surface area contributed by atoms with Crippen LogP contribution in [0.15, 0.2) is 12.3 Å². The highest BCUT2D eigenvalue weighted by molar-refractivity contribution is 5.01. The fourth-order valence-corrected chi connectivity index (χ4v) is 1.10. The van der Waals surface area contributed by atoms with Crippen molar-refractivity contribution in [1.29, 1.82) is 0 Å². The third-order valence-electron chi connectivity index (χ3n) is 1.70. The molecule has 78 valence electrons. The van der Waals surface area contributed by atoms with Gasteiger partial charge >= 0.3 is 0 Å². The van der Waals surface area contributed by atoms with Crippen molar-refractivity contribution in [3.8, 4) is 0 Å². The lowest BCUT2D eigenvalue weighted by atomic mass is 10.1. The Kier molecular flexibility index (Phi) is 3.55. The lowest BCUT2D eigenvalue weighted by molar-refractivity contribution is 0.0794. The van der Waals surface area contributed by atoms with E-state index in [-0.39, 0.29) is 0 Å². The maximum absolute atomic E-state index is 9.45. The van der Waals surface area contributed by atoms with Crippen molar-refractivity contribution >= 4 is 0 Å². The molecule has 0 fully saturated rings. The average molecular weight is 195 g/mol. The Balaban J connectivity index is 2.39. The van der Waals surface area contributed by atoms with Gasteiger partial charge in [0, 0.05) is 19.3 Å². The third-order valence-corrected chi connectivity index (χ3v) is 1.70. The summed E-state index contributed by atoms with van der Waals surface area (Å²) in [5.74, 6) is 0.771. The molecule has 4 nitrogen and oxygen atoms in total.